The molecule has 1 aliphatic carbocycles. The standard InChI is InChI=1S/C40H38N6O5/c1-3-50-29-19-15-25(16-20-29)23-28-11-7-13-32-35(28)42-46(37(32)27-17-21-30(22-18-27)51-4-2)34(47)24-44-38-36(41-43-44)39(48)45(40(38)49)33-14-8-10-26-9-5-6-12-31(26)33/h5-6,8-10,12,14-23,32,36-38H,3-4,7,11,13,24H2,1-2H3/b28-23+/t32-,36+,37+,38-/m1/s1. The second-order valence-corrected chi connectivity index (χ2v) is 13.0. The second kappa shape index (κ2) is 13.5. The van der Waals surface area contributed by atoms with Crippen LogP contribution in [0, 0.1) is 5.92 Å². The molecule has 4 atom stereocenters. The van der Waals surface area contributed by atoms with Gasteiger partial charge >= 0.3 is 0 Å². The van der Waals surface area contributed by atoms with Gasteiger partial charge in [-0.05, 0) is 91.6 Å². The molecule has 1 saturated carbocycles. The van der Waals surface area contributed by atoms with Crippen LogP contribution in [0.25, 0.3) is 16.8 Å². The Hall–Kier alpha value is -5.84. The zero-order chi connectivity index (χ0) is 35.1. The van der Waals surface area contributed by atoms with Crippen molar-refractivity contribution in [2.45, 2.75) is 51.2 Å². The highest BCUT2D eigenvalue weighted by molar-refractivity contribution is 6.27. The summed E-state index contributed by atoms with van der Waals surface area (Å²) in [5.41, 5.74) is 4.44. The van der Waals surface area contributed by atoms with Gasteiger partial charge in [0.15, 0.2) is 12.1 Å². The summed E-state index contributed by atoms with van der Waals surface area (Å²) < 4.78 is 11.3. The Morgan fingerprint density at radius 3 is 2.29 bits per heavy atom. The third-order valence-electron chi connectivity index (χ3n) is 9.98. The molecule has 4 aromatic carbocycles. The molecule has 11 heteroatoms. The lowest BCUT2D eigenvalue weighted by Gasteiger charge is -2.30. The van der Waals surface area contributed by atoms with Gasteiger partial charge in [-0.3, -0.25) is 19.4 Å². The number of anilines is 1. The smallest absolute Gasteiger partial charge is 0.264 e. The summed E-state index contributed by atoms with van der Waals surface area (Å²) >= 11 is 0. The number of benzene rings is 4. The van der Waals surface area contributed by atoms with E-state index in [0.717, 1.165) is 63.9 Å². The number of amides is 3. The molecule has 1 saturated heterocycles. The fourth-order valence-electron chi connectivity index (χ4n) is 7.70. The van der Waals surface area contributed by atoms with E-state index in [4.69, 9.17) is 14.6 Å². The molecule has 11 nitrogen and oxygen atoms in total. The maximum atomic E-state index is 14.4. The van der Waals surface area contributed by atoms with Gasteiger partial charge in [-0.1, -0.05) is 65.9 Å². The lowest BCUT2D eigenvalue weighted by Crippen LogP contribution is -2.45. The van der Waals surface area contributed by atoms with Gasteiger partial charge in [0.25, 0.3) is 17.7 Å². The average Bonchev–Trinajstić information content (AvgIpc) is 3.82. The van der Waals surface area contributed by atoms with E-state index in [0.29, 0.717) is 18.9 Å². The summed E-state index contributed by atoms with van der Waals surface area (Å²) in [6, 6.07) is 26.5. The maximum Gasteiger partial charge on any atom is 0.264 e. The topological polar surface area (TPSA) is 116 Å². The van der Waals surface area contributed by atoms with Crippen LogP contribution in [0.15, 0.2) is 112 Å². The van der Waals surface area contributed by atoms with E-state index in [1.165, 1.54) is 9.91 Å². The van der Waals surface area contributed by atoms with Gasteiger partial charge in [0.05, 0.1) is 30.7 Å². The number of carbonyl (C=O) groups is 3. The van der Waals surface area contributed by atoms with Crippen LogP contribution in [0.4, 0.5) is 5.69 Å². The number of allylic oxidation sites excluding steroid dienone is 1. The molecule has 0 spiro atoms. The number of carbonyl (C=O) groups excluding carboxylic acids is 3. The normalized spacial score (nSPS) is 23.2. The van der Waals surface area contributed by atoms with Crippen LogP contribution in [0.3, 0.4) is 0 Å². The largest absolute Gasteiger partial charge is 0.494 e. The minimum atomic E-state index is -1.03. The summed E-state index contributed by atoms with van der Waals surface area (Å²) in [6.07, 6.45) is 4.80. The Morgan fingerprint density at radius 2 is 1.55 bits per heavy atom. The van der Waals surface area contributed by atoms with Crippen LogP contribution in [0.1, 0.15) is 50.3 Å². The van der Waals surface area contributed by atoms with E-state index in [-0.39, 0.29) is 24.4 Å². The van der Waals surface area contributed by atoms with Crippen molar-refractivity contribution in [3.05, 3.63) is 108 Å². The molecule has 3 aliphatic heterocycles. The predicted octanol–water partition coefficient (Wildman–Crippen LogP) is 6.75. The molecule has 0 N–H and O–H groups in total. The molecule has 4 aliphatic rings. The number of nitrogens with zero attached hydrogens (tertiary/aromatic N) is 6. The minimum absolute atomic E-state index is 0.0286. The molecule has 2 fully saturated rings. The van der Waals surface area contributed by atoms with Crippen molar-refractivity contribution in [2.24, 2.45) is 21.4 Å². The molecule has 258 valence electrons. The molecular formula is C40H38N6O5. The Balaban J connectivity index is 1.09. The molecule has 3 amide bonds. The fraction of sp³-hybridized carbons (Fsp3) is 0.300. The summed E-state index contributed by atoms with van der Waals surface area (Å²) in [7, 11) is 0. The van der Waals surface area contributed by atoms with E-state index in [9.17, 15) is 14.4 Å². The average molecular weight is 683 g/mol. The number of fused-ring (bicyclic) bond motifs is 3. The van der Waals surface area contributed by atoms with Gasteiger partial charge in [0.2, 0.25) is 0 Å². The van der Waals surface area contributed by atoms with Crippen molar-refractivity contribution in [1.29, 1.82) is 0 Å². The molecule has 4 aromatic rings. The van der Waals surface area contributed by atoms with Crippen molar-refractivity contribution in [2.75, 3.05) is 24.7 Å². The lowest BCUT2D eigenvalue weighted by atomic mass is 9.77. The summed E-state index contributed by atoms with van der Waals surface area (Å²) in [5.74, 6) is 0.295. The zero-order valence-corrected chi connectivity index (χ0v) is 28.5. The van der Waals surface area contributed by atoms with Crippen molar-refractivity contribution >= 4 is 46.0 Å². The fourth-order valence-corrected chi connectivity index (χ4v) is 7.70. The molecule has 3 heterocycles. The first-order chi connectivity index (χ1) is 24.9. The number of hydrazone groups is 1. The summed E-state index contributed by atoms with van der Waals surface area (Å²) in [5, 5.41) is 18.0. The van der Waals surface area contributed by atoms with Crippen LogP contribution in [-0.4, -0.2) is 65.3 Å². The third kappa shape index (κ3) is 5.82. The first kappa shape index (κ1) is 32.4. The van der Waals surface area contributed by atoms with Crippen LogP contribution in [-0.2, 0) is 14.4 Å². The third-order valence-corrected chi connectivity index (χ3v) is 9.98. The molecule has 51 heavy (non-hydrogen) atoms. The van der Waals surface area contributed by atoms with E-state index < -0.39 is 23.9 Å². The van der Waals surface area contributed by atoms with Crippen molar-refractivity contribution in [3.8, 4) is 11.5 Å². The van der Waals surface area contributed by atoms with Gasteiger partial charge < -0.3 is 9.47 Å². The minimum Gasteiger partial charge on any atom is -0.494 e. The van der Waals surface area contributed by atoms with Gasteiger partial charge in [-0.2, -0.15) is 10.2 Å². The lowest BCUT2D eigenvalue weighted by molar-refractivity contribution is -0.136. The van der Waals surface area contributed by atoms with Gasteiger partial charge in [0.1, 0.15) is 18.0 Å². The Morgan fingerprint density at radius 1 is 0.843 bits per heavy atom. The summed E-state index contributed by atoms with van der Waals surface area (Å²) in [6.45, 7) is 4.79. The van der Waals surface area contributed by atoms with E-state index in [2.05, 4.69) is 16.4 Å². The number of ether oxygens (including phenoxy) is 2. The molecule has 0 bridgehead atoms. The van der Waals surface area contributed by atoms with Gasteiger partial charge in [-0.15, -0.1) is 0 Å². The number of hydrogen-bond donors (Lipinski definition) is 0. The van der Waals surface area contributed by atoms with E-state index >= 15 is 0 Å². The number of imide groups is 1. The highest BCUT2D eigenvalue weighted by atomic mass is 16.5. The van der Waals surface area contributed by atoms with Crippen molar-refractivity contribution < 1.29 is 23.9 Å². The number of hydrogen-bond acceptors (Lipinski definition) is 9. The zero-order valence-electron chi connectivity index (χ0n) is 28.5. The van der Waals surface area contributed by atoms with Gasteiger partial charge in [-0.25, -0.2) is 9.91 Å². The van der Waals surface area contributed by atoms with Crippen LogP contribution < -0.4 is 14.4 Å². The Kier molecular flexibility index (Phi) is 8.55. The Bertz CT molecular complexity index is 2090. The highest BCUT2D eigenvalue weighted by Gasteiger charge is 2.56. The number of rotatable bonds is 9. The molecular weight excluding hydrogens is 644 g/mol. The van der Waals surface area contributed by atoms with Crippen LogP contribution >= 0.6 is 0 Å². The van der Waals surface area contributed by atoms with Crippen molar-refractivity contribution in [3.63, 3.8) is 0 Å². The highest BCUT2D eigenvalue weighted by Crippen LogP contribution is 2.45. The first-order valence-corrected chi connectivity index (χ1v) is 17.5. The maximum absolute atomic E-state index is 14.4. The van der Waals surface area contributed by atoms with Crippen LogP contribution in [0.2, 0.25) is 0 Å². The molecule has 0 unspecified atom stereocenters. The Labute approximate surface area is 295 Å². The van der Waals surface area contributed by atoms with E-state index in [1.807, 2.05) is 98.8 Å². The SMILES string of the molecule is CCOc1ccc(/C=C2\CCC[C@@H]3C2=NN(C(=O)CN2N=N[C@@H]4C(=O)N(c5cccc6ccccc56)C(=O)[C@@H]42)[C@H]3c2ccc(OCC)cc2)cc1. The molecule has 0 aromatic heterocycles. The first-order valence-electron chi connectivity index (χ1n) is 17.5. The van der Waals surface area contributed by atoms with Crippen LogP contribution in [0.5, 0.6) is 11.5 Å². The van der Waals surface area contributed by atoms with E-state index in [1.54, 1.807) is 11.1 Å². The molecule has 0 radical (unpaired) electrons. The predicted molar refractivity (Wildman–Crippen MR) is 193 cm³/mol. The van der Waals surface area contributed by atoms with Crippen molar-refractivity contribution in [1.82, 2.24) is 10.0 Å². The second-order valence-electron chi connectivity index (χ2n) is 13.0. The van der Waals surface area contributed by atoms with Gasteiger partial charge in [0, 0.05) is 11.3 Å². The molecule has 8 rings (SSSR count). The monoisotopic (exact) mass is 682 g/mol. The quantitative estimate of drug-likeness (QED) is 0.180. The summed E-state index contributed by atoms with van der Waals surface area (Å²) in [4.78, 5) is 43.2.